The zero-order valence-electron chi connectivity index (χ0n) is 14.6. The van der Waals surface area contributed by atoms with E-state index >= 15 is 0 Å². The smallest absolute Gasteiger partial charge is 0.338 e. The van der Waals surface area contributed by atoms with Gasteiger partial charge < -0.3 is 15.4 Å². The second-order valence-corrected chi connectivity index (χ2v) is 7.51. The third-order valence-corrected chi connectivity index (χ3v) is 4.69. The van der Waals surface area contributed by atoms with Gasteiger partial charge >= 0.3 is 5.97 Å². The van der Waals surface area contributed by atoms with E-state index in [1.165, 1.54) is 19.1 Å². The molecule has 0 radical (unpaired) electrons. The molecule has 148 valence electrons. The van der Waals surface area contributed by atoms with Crippen LogP contribution >= 0.6 is 11.6 Å². The Morgan fingerprint density at radius 3 is 2.14 bits per heavy atom. The summed E-state index contributed by atoms with van der Waals surface area (Å²) in [4.78, 5) is 34.5. The van der Waals surface area contributed by atoms with E-state index in [-0.39, 0.29) is 16.5 Å². The lowest BCUT2D eigenvalue weighted by atomic mass is 10.2. The molecule has 0 unspecified atom stereocenters. The van der Waals surface area contributed by atoms with E-state index in [4.69, 9.17) is 21.5 Å². The van der Waals surface area contributed by atoms with Crippen molar-refractivity contribution in [2.45, 2.75) is 11.8 Å². The Morgan fingerprint density at radius 1 is 1.04 bits per heavy atom. The maximum atomic E-state index is 12.0. The van der Waals surface area contributed by atoms with Crippen molar-refractivity contribution in [2.75, 3.05) is 17.2 Å². The fourth-order valence-electron chi connectivity index (χ4n) is 2.10. The number of esters is 1. The number of primary sulfonamides is 1. The van der Waals surface area contributed by atoms with E-state index in [9.17, 15) is 22.8 Å². The first-order valence-electron chi connectivity index (χ1n) is 7.73. The van der Waals surface area contributed by atoms with Gasteiger partial charge in [-0.05, 0) is 42.5 Å². The summed E-state index contributed by atoms with van der Waals surface area (Å²) < 4.78 is 27.7. The molecule has 2 aromatic rings. The molecular weight excluding hydrogens is 410 g/mol. The van der Waals surface area contributed by atoms with Crippen molar-refractivity contribution in [3.63, 3.8) is 0 Å². The van der Waals surface area contributed by atoms with Crippen LogP contribution in [0.15, 0.2) is 47.4 Å². The van der Waals surface area contributed by atoms with Gasteiger partial charge in [-0.15, -0.1) is 0 Å². The number of nitrogens with two attached hydrogens (primary N) is 1. The number of sulfonamides is 1. The van der Waals surface area contributed by atoms with Crippen LogP contribution < -0.4 is 15.8 Å². The topological polar surface area (TPSA) is 145 Å². The first-order valence-corrected chi connectivity index (χ1v) is 9.65. The fraction of sp³-hybridized carbons (Fsp3) is 0.118. The average molecular weight is 426 g/mol. The van der Waals surface area contributed by atoms with Crippen LogP contribution in [0.5, 0.6) is 0 Å². The standard InChI is InChI=1S/C17H16ClN3O6S/c1-10(22)20-12-3-5-13(6-4-12)21-16(23)9-27-17(24)11-2-7-14(18)15(8-11)28(19,25)26/h2-8H,9H2,1H3,(H,20,22)(H,21,23)(H2,19,25,26). The summed E-state index contributed by atoms with van der Waals surface area (Å²) in [5.41, 5.74) is 0.865. The van der Waals surface area contributed by atoms with E-state index in [0.717, 1.165) is 6.07 Å². The molecule has 2 aromatic carbocycles. The van der Waals surface area contributed by atoms with Crippen molar-refractivity contribution in [3.8, 4) is 0 Å². The number of anilines is 2. The molecule has 0 fully saturated rings. The molecule has 0 aromatic heterocycles. The minimum absolute atomic E-state index is 0.124. The quantitative estimate of drug-likeness (QED) is 0.601. The van der Waals surface area contributed by atoms with Gasteiger partial charge in [-0.3, -0.25) is 9.59 Å². The Balaban J connectivity index is 1.95. The number of hydrogen-bond acceptors (Lipinski definition) is 6. The summed E-state index contributed by atoms with van der Waals surface area (Å²) in [5.74, 6) is -1.75. The molecule has 4 N–H and O–H groups in total. The van der Waals surface area contributed by atoms with Crippen LogP contribution in [0, 0.1) is 0 Å². The predicted octanol–water partition coefficient (Wildman–Crippen LogP) is 1.74. The molecule has 0 heterocycles. The van der Waals surface area contributed by atoms with Gasteiger partial charge in [0.1, 0.15) is 4.90 Å². The van der Waals surface area contributed by atoms with E-state index in [0.29, 0.717) is 11.4 Å². The van der Waals surface area contributed by atoms with Crippen LogP contribution in [0.3, 0.4) is 0 Å². The number of halogens is 1. The summed E-state index contributed by atoms with van der Waals surface area (Å²) in [5, 5.41) is 9.97. The highest BCUT2D eigenvalue weighted by Gasteiger charge is 2.18. The second kappa shape index (κ2) is 8.83. The van der Waals surface area contributed by atoms with E-state index in [1.807, 2.05) is 0 Å². The number of hydrogen-bond donors (Lipinski definition) is 3. The molecule has 0 saturated carbocycles. The maximum absolute atomic E-state index is 12.0. The zero-order chi connectivity index (χ0) is 20.9. The highest BCUT2D eigenvalue weighted by molar-refractivity contribution is 7.89. The van der Waals surface area contributed by atoms with Gasteiger partial charge in [-0.2, -0.15) is 0 Å². The van der Waals surface area contributed by atoms with Gasteiger partial charge in [0, 0.05) is 18.3 Å². The lowest BCUT2D eigenvalue weighted by Gasteiger charge is -2.09. The molecule has 0 aliphatic heterocycles. The van der Waals surface area contributed by atoms with Crippen LogP contribution in [0.1, 0.15) is 17.3 Å². The monoisotopic (exact) mass is 425 g/mol. The molecule has 11 heteroatoms. The van der Waals surface area contributed by atoms with Crippen molar-refractivity contribution in [2.24, 2.45) is 5.14 Å². The molecule has 0 bridgehead atoms. The van der Waals surface area contributed by atoms with Crippen LogP contribution in [-0.2, 0) is 24.3 Å². The Hall–Kier alpha value is -2.95. The maximum Gasteiger partial charge on any atom is 0.338 e. The Bertz CT molecular complexity index is 1020. The van der Waals surface area contributed by atoms with Crippen molar-refractivity contribution < 1.29 is 27.5 Å². The van der Waals surface area contributed by atoms with Gasteiger partial charge in [0.15, 0.2) is 6.61 Å². The summed E-state index contributed by atoms with van der Waals surface area (Å²) in [7, 11) is -4.12. The molecule has 0 aliphatic rings. The normalized spacial score (nSPS) is 10.8. The molecule has 0 spiro atoms. The average Bonchev–Trinajstić information content (AvgIpc) is 2.60. The zero-order valence-corrected chi connectivity index (χ0v) is 16.1. The number of amides is 2. The van der Waals surface area contributed by atoms with E-state index < -0.39 is 33.4 Å². The van der Waals surface area contributed by atoms with Crippen molar-refractivity contribution in [3.05, 3.63) is 53.1 Å². The van der Waals surface area contributed by atoms with E-state index in [2.05, 4.69) is 10.6 Å². The Morgan fingerprint density at radius 2 is 1.61 bits per heavy atom. The number of ether oxygens (including phenoxy) is 1. The third-order valence-electron chi connectivity index (χ3n) is 3.30. The minimum Gasteiger partial charge on any atom is -0.452 e. The molecule has 2 amide bonds. The highest BCUT2D eigenvalue weighted by Crippen LogP contribution is 2.22. The Labute approximate surface area is 165 Å². The first kappa shape index (κ1) is 21.4. The lowest BCUT2D eigenvalue weighted by Crippen LogP contribution is -2.21. The first-order chi connectivity index (χ1) is 13.1. The summed E-state index contributed by atoms with van der Waals surface area (Å²) in [6.45, 7) is 0.774. The highest BCUT2D eigenvalue weighted by atomic mass is 35.5. The van der Waals surface area contributed by atoms with Crippen LogP contribution in [0.25, 0.3) is 0 Å². The second-order valence-electron chi connectivity index (χ2n) is 5.57. The van der Waals surface area contributed by atoms with Gasteiger partial charge in [-0.1, -0.05) is 11.6 Å². The number of rotatable bonds is 6. The SMILES string of the molecule is CC(=O)Nc1ccc(NC(=O)COC(=O)c2ccc(Cl)c(S(N)(=O)=O)c2)cc1. The van der Waals surface area contributed by atoms with Crippen molar-refractivity contribution >= 4 is 50.8 Å². The lowest BCUT2D eigenvalue weighted by molar-refractivity contribution is -0.119. The molecule has 0 saturated heterocycles. The third kappa shape index (κ3) is 6.05. The summed E-state index contributed by atoms with van der Waals surface area (Å²) in [6, 6.07) is 9.70. The van der Waals surface area contributed by atoms with Crippen LogP contribution in [0.4, 0.5) is 11.4 Å². The molecule has 0 aliphatic carbocycles. The molecule has 28 heavy (non-hydrogen) atoms. The number of carbonyl (C=O) groups is 3. The van der Waals surface area contributed by atoms with Crippen molar-refractivity contribution in [1.82, 2.24) is 0 Å². The van der Waals surface area contributed by atoms with E-state index in [1.54, 1.807) is 24.3 Å². The predicted molar refractivity (Wildman–Crippen MR) is 102 cm³/mol. The molecule has 2 rings (SSSR count). The van der Waals surface area contributed by atoms with Crippen LogP contribution in [0.2, 0.25) is 5.02 Å². The number of nitrogens with one attached hydrogen (secondary N) is 2. The number of benzene rings is 2. The van der Waals surface area contributed by atoms with Crippen LogP contribution in [-0.4, -0.2) is 32.8 Å². The van der Waals surface area contributed by atoms with Gasteiger partial charge in [0.2, 0.25) is 15.9 Å². The fourth-order valence-corrected chi connectivity index (χ4v) is 3.17. The van der Waals surface area contributed by atoms with Gasteiger partial charge in [-0.25, -0.2) is 18.4 Å². The molecule has 9 nitrogen and oxygen atoms in total. The summed E-state index contributed by atoms with van der Waals surface area (Å²) >= 11 is 5.74. The van der Waals surface area contributed by atoms with Gasteiger partial charge in [0.25, 0.3) is 5.91 Å². The van der Waals surface area contributed by atoms with Gasteiger partial charge in [0.05, 0.1) is 10.6 Å². The Kier molecular flexibility index (Phi) is 6.73. The minimum atomic E-state index is -4.12. The summed E-state index contributed by atoms with van der Waals surface area (Å²) in [6.07, 6.45) is 0. The van der Waals surface area contributed by atoms with Crippen molar-refractivity contribution in [1.29, 1.82) is 0 Å². The largest absolute Gasteiger partial charge is 0.452 e. The molecule has 0 atom stereocenters. The molecular formula is C17H16ClN3O6S. The number of carbonyl (C=O) groups excluding carboxylic acids is 3.